The molecule has 8 nitrogen and oxygen atoms in total. The molecule has 1 unspecified atom stereocenters. The van der Waals surface area contributed by atoms with Crippen LogP contribution in [0.3, 0.4) is 0 Å². The van der Waals surface area contributed by atoms with E-state index in [9.17, 15) is 19.3 Å². The molecule has 3 N–H and O–H groups in total. The average molecular weight is 685 g/mol. The second-order valence-corrected chi connectivity index (χ2v) is 15.8. The standard InChI is InChI=1S/C39H61N2O6P/c1-4-6-25-37(47-48(45,46-30-34-22-15-10-16-23-34)27-17-24-32-18-11-8-12-19-32)39(44)41-35(29-33-20-13-9-14-21-33)36(42)28-31(3)38(43)40-26-7-5-2/h8,10-12,15-16,18-19,22-23,31,33,35-37,42H,4-7,9,13-14,17,20-21,24-30H2,1-3H3,(H,40,43)(H,41,44)/t31-,35+,36+,37-,48?/m1/s1. The Labute approximate surface area is 289 Å². The number of amides is 2. The zero-order valence-electron chi connectivity index (χ0n) is 29.6. The smallest absolute Gasteiger partial charge is 0.331 e. The summed E-state index contributed by atoms with van der Waals surface area (Å²) in [6.07, 6.45) is 9.94. The van der Waals surface area contributed by atoms with Crippen molar-refractivity contribution in [1.82, 2.24) is 10.6 Å². The summed E-state index contributed by atoms with van der Waals surface area (Å²) in [5.41, 5.74) is 2.02. The molecule has 3 rings (SSSR count). The van der Waals surface area contributed by atoms with E-state index in [1.807, 2.05) is 74.5 Å². The number of unbranched alkanes of at least 4 members (excludes halogenated alkanes) is 2. The van der Waals surface area contributed by atoms with Crippen molar-refractivity contribution < 1.29 is 28.3 Å². The van der Waals surface area contributed by atoms with Crippen LogP contribution in [0.1, 0.15) is 115 Å². The zero-order chi connectivity index (χ0) is 34.6. The van der Waals surface area contributed by atoms with Crippen molar-refractivity contribution in [1.29, 1.82) is 0 Å². The molecule has 0 saturated heterocycles. The van der Waals surface area contributed by atoms with E-state index in [4.69, 9.17) is 9.05 Å². The van der Waals surface area contributed by atoms with Gasteiger partial charge in [0, 0.05) is 12.5 Å². The molecule has 1 aliphatic carbocycles. The molecule has 0 radical (unpaired) electrons. The summed E-state index contributed by atoms with van der Waals surface area (Å²) in [5, 5.41) is 17.6. The third-order valence-electron chi connectivity index (χ3n) is 9.39. The number of aliphatic hydroxyl groups is 1. The van der Waals surface area contributed by atoms with E-state index in [1.165, 1.54) is 6.42 Å². The molecule has 5 atom stereocenters. The first-order valence-electron chi connectivity index (χ1n) is 18.5. The largest absolute Gasteiger partial charge is 0.391 e. The second-order valence-electron chi connectivity index (χ2n) is 13.6. The molecule has 268 valence electrons. The lowest BCUT2D eigenvalue weighted by Crippen LogP contribution is -2.49. The topological polar surface area (TPSA) is 114 Å². The molecule has 2 aromatic rings. The quantitative estimate of drug-likeness (QED) is 0.0801. The van der Waals surface area contributed by atoms with Crippen LogP contribution >= 0.6 is 7.60 Å². The van der Waals surface area contributed by atoms with Gasteiger partial charge >= 0.3 is 7.60 Å². The van der Waals surface area contributed by atoms with E-state index in [0.717, 1.165) is 56.1 Å². The number of nitrogens with one attached hydrogen (secondary N) is 2. The minimum atomic E-state index is -3.70. The number of carbonyl (C=O) groups is 2. The Hall–Kier alpha value is -2.51. The summed E-state index contributed by atoms with van der Waals surface area (Å²) in [6.45, 7) is 6.68. The van der Waals surface area contributed by atoms with E-state index >= 15 is 0 Å². The fraction of sp³-hybridized carbons (Fsp3) is 0.641. The molecule has 0 heterocycles. The molecule has 2 amide bonds. The molecular weight excluding hydrogens is 623 g/mol. The fourth-order valence-corrected chi connectivity index (χ4v) is 8.17. The monoisotopic (exact) mass is 684 g/mol. The SMILES string of the molecule is CCCCNC(=O)[C@H](C)C[C@H](O)[C@H](CC1CCCCC1)NC(=O)[C@@H](CCCC)OP(=O)(CCCc1ccccc1)OCc1ccccc1. The normalized spacial score (nSPS) is 17.5. The summed E-state index contributed by atoms with van der Waals surface area (Å²) >= 11 is 0. The minimum absolute atomic E-state index is 0.0820. The number of benzene rings is 2. The van der Waals surface area contributed by atoms with Gasteiger partial charge in [-0.2, -0.15) is 0 Å². The number of aryl methyl sites for hydroxylation is 1. The Morgan fingerprint density at radius 1 is 0.896 bits per heavy atom. The van der Waals surface area contributed by atoms with E-state index in [1.54, 1.807) is 0 Å². The third-order valence-corrected chi connectivity index (χ3v) is 11.3. The number of carbonyl (C=O) groups excluding carboxylic acids is 2. The van der Waals surface area contributed by atoms with Crippen LogP contribution in [0.4, 0.5) is 0 Å². The Morgan fingerprint density at radius 2 is 1.54 bits per heavy atom. The van der Waals surface area contributed by atoms with E-state index in [-0.39, 0.29) is 31.0 Å². The van der Waals surface area contributed by atoms with Crippen LogP contribution in [-0.2, 0) is 36.2 Å². The summed E-state index contributed by atoms with van der Waals surface area (Å²) in [6, 6.07) is 19.1. The van der Waals surface area contributed by atoms with Crippen molar-refractivity contribution in [2.24, 2.45) is 11.8 Å². The third kappa shape index (κ3) is 14.9. The molecule has 2 aromatic carbocycles. The van der Waals surface area contributed by atoms with Gasteiger partial charge in [0.25, 0.3) is 0 Å². The Morgan fingerprint density at radius 3 is 2.19 bits per heavy atom. The first-order valence-corrected chi connectivity index (χ1v) is 20.2. The van der Waals surface area contributed by atoms with Crippen LogP contribution in [-0.4, -0.2) is 47.9 Å². The van der Waals surface area contributed by atoms with Gasteiger partial charge in [-0.1, -0.05) is 133 Å². The predicted octanol–water partition coefficient (Wildman–Crippen LogP) is 8.36. The first kappa shape index (κ1) is 39.9. The molecule has 0 spiro atoms. The summed E-state index contributed by atoms with van der Waals surface area (Å²) < 4.78 is 26.8. The molecule has 1 fully saturated rings. The zero-order valence-corrected chi connectivity index (χ0v) is 30.5. The Kier molecular flexibility index (Phi) is 18.5. The van der Waals surface area contributed by atoms with Crippen molar-refractivity contribution in [3.05, 3.63) is 71.8 Å². The van der Waals surface area contributed by atoms with Gasteiger partial charge < -0.3 is 20.3 Å². The number of rotatable bonds is 23. The maximum atomic E-state index is 14.4. The van der Waals surface area contributed by atoms with E-state index < -0.39 is 31.8 Å². The van der Waals surface area contributed by atoms with Crippen molar-refractivity contribution in [3.8, 4) is 0 Å². The highest BCUT2D eigenvalue weighted by atomic mass is 31.2. The van der Waals surface area contributed by atoms with Gasteiger partial charge in [-0.15, -0.1) is 0 Å². The predicted molar refractivity (Wildman–Crippen MR) is 194 cm³/mol. The Balaban J connectivity index is 1.76. The van der Waals surface area contributed by atoms with Gasteiger partial charge in [-0.25, -0.2) is 0 Å². The molecule has 1 saturated carbocycles. The lowest BCUT2D eigenvalue weighted by molar-refractivity contribution is -0.131. The molecule has 0 aromatic heterocycles. The maximum absolute atomic E-state index is 14.4. The molecule has 0 bridgehead atoms. The number of aliphatic hydroxyl groups excluding tert-OH is 1. The first-order chi connectivity index (χ1) is 23.2. The van der Waals surface area contributed by atoms with Gasteiger partial charge in [-0.3, -0.25) is 18.7 Å². The van der Waals surface area contributed by atoms with Crippen molar-refractivity contribution in [2.75, 3.05) is 12.7 Å². The summed E-state index contributed by atoms with van der Waals surface area (Å²) in [7, 11) is -3.70. The van der Waals surface area contributed by atoms with Crippen LogP contribution < -0.4 is 10.6 Å². The van der Waals surface area contributed by atoms with Crippen LogP contribution in [0.25, 0.3) is 0 Å². The van der Waals surface area contributed by atoms with Crippen LogP contribution in [0.2, 0.25) is 0 Å². The van der Waals surface area contributed by atoms with E-state index in [2.05, 4.69) is 17.6 Å². The molecule has 9 heteroatoms. The van der Waals surface area contributed by atoms with Crippen molar-refractivity contribution in [3.63, 3.8) is 0 Å². The van der Waals surface area contributed by atoms with Gasteiger partial charge in [0.1, 0.15) is 6.10 Å². The highest BCUT2D eigenvalue weighted by Crippen LogP contribution is 2.51. The van der Waals surface area contributed by atoms with Gasteiger partial charge in [0.2, 0.25) is 11.8 Å². The molecular formula is C39H61N2O6P. The van der Waals surface area contributed by atoms with Gasteiger partial charge in [0.15, 0.2) is 0 Å². The Bertz CT molecular complexity index is 1220. The van der Waals surface area contributed by atoms with Crippen LogP contribution in [0.15, 0.2) is 60.7 Å². The molecule has 48 heavy (non-hydrogen) atoms. The van der Waals surface area contributed by atoms with Gasteiger partial charge in [0.05, 0.1) is 24.9 Å². The minimum Gasteiger partial charge on any atom is -0.391 e. The van der Waals surface area contributed by atoms with Crippen LogP contribution in [0.5, 0.6) is 0 Å². The van der Waals surface area contributed by atoms with Crippen molar-refractivity contribution in [2.45, 2.75) is 136 Å². The molecule has 1 aliphatic rings. The second kappa shape index (κ2) is 22.3. The highest BCUT2D eigenvalue weighted by Gasteiger charge is 2.35. The average Bonchev–Trinajstić information content (AvgIpc) is 3.10. The molecule has 0 aliphatic heterocycles. The van der Waals surface area contributed by atoms with Gasteiger partial charge in [-0.05, 0) is 55.6 Å². The summed E-state index contributed by atoms with van der Waals surface area (Å²) in [5.74, 6) is -0.469. The fourth-order valence-electron chi connectivity index (χ4n) is 6.40. The highest BCUT2D eigenvalue weighted by molar-refractivity contribution is 7.53. The lowest BCUT2D eigenvalue weighted by atomic mass is 9.82. The summed E-state index contributed by atoms with van der Waals surface area (Å²) in [4.78, 5) is 26.8. The maximum Gasteiger partial charge on any atom is 0.331 e. The van der Waals surface area contributed by atoms with Crippen molar-refractivity contribution >= 4 is 19.4 Å². The van der Waals surface area contributed by atoms with Crippen LogP contribution in [0, 0.1) is 11.8 Å². The van der Waals surface area contributed by atoms with E-state index in [0.29, 0.717) is 44.6 Å². The lowest BCUT2D eigenvalue weighted by Gasteiger charge is -2.32. The number of hydrogen-bond donors (Lipinski definition) is 3. The number of hydrogen-bond acceptors (Lipinski definition) is 6.